The predicted molar refractivity (Wildman–Crippen MR) is 126 cm³/mol. The molecule has 0 aliphatic rings. The second-order valence-corrected chi connectivity index (χ2v) is 8.57. The maximum absolute atomic E-state index is 6.32. The highest BCUT2D eigenvalue weighted by Crippen LogP contribution is 2.25. The van der Waals surface area contributed by atoms with E-state index in [9.17, 15) is 0 Å². The van der Waals surface area contributed by atoms with Gasteiger partial charge in [0, 0.05) is 6.42 Å². The van der Waals surface area contributed by atoms with Crippen molar-refractivity contribution in [2.45, 2.75) is 149 Å². The molecule has 0 atom stereocenters. The Morgan fingerprint density at radius 3 is 1.00 bits per heavy atom. The van der Waals surface area contributed by atoms with Gasteiger partial charge < -0.3 is 14.2 Å². The van der Waals surface area contributed by atoms with E-state index in [1.165, 1.54) is 77.0 Å². The Kier molecular flexibility index (Phi) is 22.5. The summed E-state index contributed by atoms with van der Waals surface area (Å²) in [5.41, 5.74) is 0. The van der Waals surface area contributed by atoms with Crippen molar-refractivity contribution < 1.29 is 14.2 Å². The van der Waals surface area contributed by atoms with Crippen molar-refractivity contribution in [1.82, 2.24) is 0 Å². The van der Waals surface area contributed by atoms with Gasteiger partial charge in [-0.15, -0.1) is 0 Å². The van der Waals surface area contributed by atoms with Crippen molar-refractivity contribution in [3.8, 4) is 0 Å². The summed E-state index contributed by atoms with van der Waals surface area (Å²) in [4.78, 5) is 0. The second-order valence-electron chi connectivity index (χ2n) is 8.57. The van der Waals surface area contributed by atoms with E-state index in [0.717, 1.165) is 58.3 Å². The summed E-state index contributed by atoms with van der Waals surface area (Å²) in [6, 6.07) is 0. The smallest absolute Gasteiger partial charge is 0.282 e. The zero-order valence-electron chi connectivity index (χ0n) is 20.6. The van der Waals surface area contributed by atoms with E-state index in [2.05, 4.69) is 27.7 Å². The average Bonchev–Trinajstić information content (AvgIpc) is 2.74. The van der Waals surface area contributed by atoms with Crippen LogP contribution < -0.4 is 0 Å². The van der Waals surface area contributed by atoms with Crippen LogP contribution >= 0.6 is 0 Å². The Labute approximate surface area is 183 Å². The van der Waals surface area contributed by atoms with Crippen LogP contribution in [-0.2, 0) is 14.2 Å². The fourth-order valence-electron chi connectivity index (χ4n) is 3.53. The van der Waals surface area contributed by atoms with Gasteiger partial charge in [0.2, 0.25) is 0 Å². The minimum absolute atomic E-state index is 0.749. The third kappa shape index (κ3) is 18.4. The van der Waals surface area contributed by atoms with Crippen molar-refractivity contribution in [2.24, 2.45) is 0 Å². The molecule has 0 saturated heterocycles. The first-order chi connectivity index (χ1) is 14.2. The molecule has 0 fully saturated rings. The summed E-state index contributed by atoms with van der Waals surface area (Å²) >= 11 is 0. The zero-order chi connectivity index (χ0) is 21.5. The maximum Gasteiger partial charge on any atom is 0.282 e. The summed E-state index contributed by atoms with van der Waals surface area (Å²) in [5, 5.41) is 0. The van der Waals surface area contributed by atoms with Gasteiger partial charge in [0.1, 0.15) is 0 Å². The Morgan fingerprint density at radius 2 is 0.690 bits per heavy atom. The summed E-state index contributed by atoms with van der Waals surface area (Å²) in [5.74, 6) is -0.809. The highest BCUT2D eigenvalue weighted by molar-refractivity contribution is 4.61. The normalized spacial score (nSPS) is 12.0. The van der Waals surface area contributed by atoms with Gasteiger partial charge in [0.05, 0.1) is 19.8 Å². The number of hydrogen-bond acceptors (Lipinski definition) is 3. The Morgan fingerprint density at radius 1 is 0.379 bits per heavy atom. The van der Waals surface area contributed by atoms with E-state index >= 15 is 0 Å². The molecule has 0 rings (SSSR count). The molecule has 29 heavy (non-hydrogen) atoms. The lowest BCUT2D eigenvalue weighted by molar-refractivity contribution is -0.384. The first kappa shape index (κ1) is 28.9. The van der Waals surface area contributed by atoms with Crippen LogP contribution in [0.4, 0.5) is 0 Å². The van der Waals surface area contributed by atoms with Gasteiger partial charge in [-0.05, 0) is 25.7 Å². The van der Waals surface area contributed by atoms with Crippen LogP contribution in [0.25, 0.3) is 0 Å². The highest BCUT2D eigenvalue weighted by atomic mass is 16.9. The average molecular weight is 415 g/mol. The Hall–Kier alpha value is -0.120. The van der Waals surface area contributed by atoms with Gasteiger partial charge in [-0.25, -0.2) is 0 Å². The summed E-state index contributed by atoms with van der Waals surface area (Å²) in [7, 11) is 0. The fraction of sp³-hybridized carbons (Fsp3) is 1.00. The summed E-state index contributed by atoms with van der Waals surface area (Å²) in [6.45, 7) is 11.3. The molecular weight excluding hydrogens is 360 g/mol. The third-order valence-corrected chi connectivity index (χ3v) is 5.55. The maximum atomic E-state index is 6.32. The van der Waals surface area contributed by atoms with Crippen LogP contribution in [0.15, 0.2) is 0 Å². The Bertz CT molecular complexity index is 266. The molecule has 0 aromatic heterocycles. The van der Waals surface area contributed by atoms with Crippen molar-refractivity contribution >= 4 is 0 Å². The van der Waals surface area contributed by atoms with Crippen LogP contribution in [-0.4, -0.2) is 25.8 Å². The van der Waals surface area contributed by atoms with E-state index in [0.29, 0.717) is 0 Å². The molecular formula is C26H54O3. The highest BCUT2D eigenvalue weighted by Gasteiger charge is 2.32. The molecule has 0 unspecified atom stereocenters. The minimum Gasteiger partial charge on any atom is -0.327 e. The van der Waals surface area contributed by atoms with Gasteiger partial charge in [0.15, 0.2) is 0 Å². The van der Waals surface area contributed by atoms with Crippen LogP contribution in [0.3, 0.4) is 0 Å². The van der Waals surface area contributed by atoms with Gasteiger partial charge in [-0.3, -0.25) is 0 Å². The molecule has 3 nitrogen and oxygen atoms in total. The first-order valence-electron chi connectivity index (χ1n) is 13.2. The van der Waals surface area contributed by atoms with Gasteiger partial charge >= 0.3 is 0 Å². The van der Waals surface area contributed by atoms with Crippen molar-refractivity contribution in [2.75, 3.05) is 19.8 Å². The number of ether oxygens (including phenoxy) is 3. The first-order valence-corrected chi connectivity index (χ1v) is 13.2. The molecule has 0 spiro atoms. The van der Waals surface area contributed by atoms with Crippen LogP contribution in [0.2, 0.25) is 0 Å². The molecule has 3 heteroatoms. The summed E-state index contributed by atoms with van der Waals surface area (Å²) in [6.07, 6.45) is 21.8. The third-order valence-electron chi connectivity index (χ3n) is 5.55. The number of rotatable bonds is 24. The lowest BCUT2D eigenvalue weighted by Gasteiger charge is -2.33. The van der Waals surface area contributed by atoms with Gasteiger partial charge in [0.25, 0.3) is 5.97 Å². The monoisotopic (exact) mass is 414 g/mol. The predicted octanol–water partition coefficient (Wildman–Crippen LogP) is 8.79. The number of hydrogen-bond donors (Lipinski definition) is 0. The van der Waals surface area contributed by atoms with Crippen molar-refractivity contribution in [1.29, 1.82) is 0 Å². The molecule has 0 aliphatic heterocycles. The van der Waals surface area contributed by atoms with Crippen LogP contribution in [0.1, 0.15) is 143 Å². The molecule has 0 heterocycles. The standard InChI is InChI=1S/C26H54O3/c1-5-9-13-16-19-23-27-26(22-12-8-4,28-24-20-17-14-10-6-2)29-25-21-18-15-11-7-3/h5-25H2,1-4H3. The molecule has 0 radical (unpaired) electrons. The Balaban J connectivity index is 4.52. The quantitative estimate of drug-likeness (QED) is 0.117. The van der Waals surface area contributed by atoms with Gasteiger partial charge in [-0.2, -0.15) is 0 Å². The number of unbranched alkanes of at least 4 members (excludes halogenated alkanes) is 13. The fourth-order valence-corrected chi connectivity index (χ4v) is 3.53. The topological polar surface area (TPSA) is 27.7 Å². The molecule has 0 saturated carbocycles. The molecule has 0 bridgehead atoms. The molecule has 0 aliphatic carbocycles. The van der Waals surface area contributed by atoms with E-state index in [-0.39, 0.29) is 0 Å². The van der Waals surface area contributed by atoms with Crippen LogP contribution in [0.5, 0.6) is 0 Å². The van der Waals surface area contributed by atoms with Crippen LogP contribution in [0, 0.1) is 0 Å². The minimum atomic E-state index is -0.809. The van der Waals surface area contributed by atoms with Gasteiger partial charge in [-0.1, -0.05) is 111 Å². The molecule has 0 aromatic rings. The van der Waals surface area contributed by atoms with Crippen molar-refractivity contribution in [3.05, 3.63) is 0 Å². The lowest BCUT2D eigenvalue weighted by Crippen LogP contribution is -2.40. The van der Waals surface area contributed by atoms with E-state index < -0.39 is 5.97 Å². The SMILES string of the molecule is CCCCCCCOC(CCCC)(OCCCCCCC)OCCCCCCC. The molecule has 0 aromatic carbocycles. The molecule has 176 valence electrons. The van der Waals surface area contributed by atoms with E-state index in [4.69, 9.17) is 14.2 Å². The van der Waals surface area contributed by atoms with Crippen molar-refractivity contribution in [3.63, 3.8) is 0 Å². The second kappa shape index (κ2) is 22.6. The molecule has 0 N–H and O–H groups in total. The summed E-state index contributed by atoms with van der Waals surface area (Å²) < 4.78 is 19.0. The van der Waals surface area contributed by atoms with E-state index in [1.54, 1.807) is 0 Å². The molecule has 0 amide bonds. The largest absolute Gasteiger partial charge is 0.327 e. The lowest BCUT2D eigenvalue weighted by atomic mass is 10.1. The van der Waals surface area contributed by atoms with E-state index in [1.807, 2.05) is 0 Å². The zero-order valence-corrected chi connectivity index (χ0v) is 20.6.